The number of hydrazone groups is 1. The molecule has 1 aliphatic rings. The smallest absolute Gasteiger partial charge is 0.355 e. The number of hydrogen-bond donors (Lipinski definition) is 1. The van der Waals surface area contributed by atoms with E-state index in [4.69, 9.17) is 9.47 Å². The van der Waals surface area contributed by atoms with Gasteiger partial charge in [-0.1, -0.05) is 18.2 Å². The molecule has 7 heteroatoms. The predicted octanol–water partition coefficient (Wildman–Crippen LogP) is 1.61. The number of nitrogens with one attached hydrogen (secondary N) is 1. The SMILES string of the molecule is CCOC(=O)C1=C(C)NN=C(C(=O)OC)C1c1ccccc1C#N. The molecule has 0 saturated heterocycles. The monoisotopic (exact) mass is 327 g/mol. The number of methoxy groups -OCH3 is 1. The van der Waals surface area contributed by atoms with Gasteiger partial charge in [0.05, 0.1) is 36.8 Å². The van der Waals surface area contributed by atoms with Crippen LogP contribution in [0, 0.1) is 11.3 Å². The number of nitrogens with zero attached hydrogens (tertiary/aromatic N) is 2. The third-order valence-electron chi connectivity index (χ3n) is 3.59. The highest BCUT2D eigenvalue weighted by molar-refractivity contribution is 6.40. The van der Waals surface area contributed by atoms with Crippen LogP contribution < -0.4 is 5.43 Å². The zero-order valence-electron chi connectivity index (χ0n) is 13.6. The van der Waals surface area contributed by atoms with E-state index in [9.17, 15) is 14.9 Å². The van der Waals surface area contributed by atoms with Crippen LogP contribution in [0.5, 0.6) is 0 Å². The summed E-state index contributed by atoms with van der Waals surface area (Å²) in [5.74, 6) is -2.10. The van der Waals surface area contributed by atoms with Crippen molar-refractivity contribution in [1.29, 1.82) is 5.26 Å². The second-order valence-corrected chi connectivity index (χ2v) is 4.99. The number of benzene rings is 1. The maximum Gasteiger partial charge on any atom is 0.355 e. The van der Waals surface area contributed by atoms with Crippen molar-refractivity contribution in [2.45, 2.75) is 19.8 Å². The van der Waals surface area contributed by atoms with Crippen molar-refractivity contribution in [3.8, 4) is 6.07 Å². The first kappa shape index (κ1) is 17.2. The predicted molar refractivity (Wildman–Crippen MR) is 85.8 cm³/mol. The minimum atomic E-state index is -0.839. The first-order chi connectivity index (χ1) is 11.5. The van der Waals surface area contributed by atoms with Gasteiger partial charge in [-0.15, -0.1) is 0 Å². The van der Waals surface area contributed by atoms with Crippen molar-refractivity contribution < 1.29 is 19.1 Å². The summed E-state index contributed by atoms with van der Waals surface area (Å²) in [5, 5.41) is 13.4. The Morgan fingerprint density at radius 1 is 1.33 bits per heavy atom. The summed E-state index contributed by atoms with van der Waals surface area (Å²) in [6, 6.07) is 8.80. The molecule has 1 heterocycles. The molecule has 0 bridgehead atoms. The number of esters is 2. The van der Waals surface area contributed by atoms with E-state index in [2.05, 4.69) is 16.6 Å². The van der Waals surface area contributed by atoms with Gasteiger partial charge in [0.25, 0.3) is 0 Å². The number of ether oxygens (including phenoxy) is 2. The second kappa shape index (κ2) is 7.42. The Morgan fingerprint density at radius 2 is 2.04 bits per heavy atom. The van der Waals surface area contributed by atoms with Gasteiger partial charge in [0.1, 0.15) is 0 Å². The second-order valence-electron chi connectivity index (χ2n) is 4.99. The van der Waals surface area contributed by atoms with Crippen molar-refractivity contribution >= 4 is 17.7 Å². The summed E-state index contributed by atoms with van der Waals surface area (Å²) in [6.07, 6.45) is 0. The van der Waals surface area contributed by atoms with Crippen LogP contribution in [0.25, 0.3) is 0 Å². The molecule has 0 amide bonds. The Bertz CT molecular complexity index is 774. The van der Waals surface area contributed by atoms with Gasteiger partial charge in [0, 0.05) is 5.70 Å². The third-order valence-corrected chi connectivity index (χ3v) is 3.59. The Kier molecular flexibility index (Phi) is 5.32. The zero-order chi connectivity index (χ0) is 17.7. The van der Waals surface area contributed by atoms with E-state index < -0.39 is 17.9 Å². The normalized spacial score (nSPS) is 16.6. The lowest BCUT2D eigenvalue weighted by atomic mass is 9.82. The molecule has 1 atom stereocenters. The number of rotatable bonds is 4. The van der Waals surface area contributed by atoms with E-state index >= 15 is 0 Å². The van der Waals surface area contributed by atoms with Crippen molar-refractivity contribution in [2.24, 2.45) is 5.10 Å². The molecule has 0 saturated carbocycles. The molecule has 2 rings (SSSR count). The maximum atomic E-state index is 12.4. The minimum absolute atomic E-state index is 0.00569. The van der Waals surface area contributed by atoms with E-state index in [-0.39, 0.29) is 17.9 Å². The van der Waals surface area contributed by atoms with Crippen LogP contribution >= 0.6 is 0 Å². The van der Waals surface area contributed by atoms with Gasteiger partial charge in [-0.2, -0.15) is 10.4 Å². The summed E-state index contributed by atoms with van der Waals surface area (Å²) in [5.41, 5.74) is 4.18. The molecule has 0 aromatic heterocycles. The fourth-order valence-electron chi connectivity index (χ4n) is 2.52. The highest BCUT2D eigenvalue weighted by atomic mass is 16.5. The summed E-state index contributed by atoms with van der Waals surface area (Å²) >= 11 is 0. The van der Waals surface area contributed by atoms with Crippen LogP contribution in [0.2, 0.25) is 0 Å². The standard InChI is InChI=1S/C17H17N3O4/c1-4-24-16(21)13-10(2)19-20-15(17(22)23-3)14(13)12-8-6-5-7-11(12)9-18/h5-8,14,19H,4H2,1-3H3. The van der Waals surface area contributed by atoms with Crippen LogP contribution in [-0.2, 0) is 19.1 Å². The van der Waals surface area contributed by atoms with Crippen LogP contribution in [0.1, 0.15) is 30.9 Å². The van der Waals surface area contributed by atoms with Gasteiger partial charge in [0.2, 0.25) is 0 Å². The van der Waals surface area contributed by atoms with Gasteiger partial charge >= 0.3 is 11.9 Å². The lowest BCUT2D eigenvalue weighted by molar-refractivity contribution is -0.138. The van der Waals surface area contributed by atoms with E-state index in [1.807, 2.05) is 0 Å². The molecule has 0 aliphatic carbocycles. The van der Waals surface area contributed by atoms with E-state index in [1.165, 1.54) is 7.11 Å². The number of carbonyl (C=O) groups is 2. The largest absolute Gasteiger partial charge is 0.464 e. The molecule has 1 unspecified atom stereocenters. The summed E-state index contributed by atoms with van der Waals surface area (Å²) < 4.78 is 9.88. The number of carbonyl (C=O) groups excluding carboxylic acids is 2. The molecule has 1 aliphatic heterocycles. The molecule has 0 spiro atoms. The summed E-state index contributed by atoms with van der Waals surface area (Å²) in [4.78, 5) is 24.6. The van der Waals surface area contributed by atoms with Crippen LogP contribution in [-0.4, -0.2) is 31.4 Å². The van der Waals surface area contributed by atoms with Gasteiger partial charge in [-0.25, -0.2) is 9.59 Å². The molecule has 1 aromatic rings. The Morgan fingerprint density at radius 3 is 2.67 bits per heavy atom. The fourth-order valence-corrected chi connectivity index (χ4v) is 2.52. The number of nitriles is 1. The molecular formula is C17H17N3O4. The van der Waals surface area contributed by atoms with Crippen molar-refractivity contribution in [3.05, 3.63) is 46.7 Å². The lowest BCUT2D eigenvalue weighted by Crippen LogP contribution is -2.36. The lowest BCUT2D eigenvalue weighted by Gasteiger charge is -2.26. The zero-order valence-corrected chi connectivity index (χ0v) is 13.6. The molecule has 1 aromatic carbocycles. The number of hydrogen-bond acceptors (Lipinski definition) is 7. The quantitative estimate of drug-likeness (QED) is 0.843. The molecular weight excluding hydrogens is 310 g/mol. The van der Waals surface area contributed by atoms with Gasteiger partial charge in [-0.3, -0.25) is 5.43 Å². The molecule has 0 radical (unpaired) electrons. The van der Waals surface area contributed by atoms with E-state index in [1.54, 1.807) is 38.1 Å². The molecule has 24 heavy (non-hydrogen) atoms. The highest BCUT2D eigenvalue weighted by Crippen LogP contribution is 2.33. The van der Waals surface area contributed by atoms with Gasteiger partial charge in [-0.05, 0) is 25.5 Å². The van der Waals surface area contributed by atoms with E-state index in [0.717, 1.165) is 0 Å². The summed E-state index contributed by atoms with van der Waals surface area (Å²) in [6.45, 7) is 3.54. The van der Waals surface area contributed by atoms with E-state index in [0.29, 0.717) is 16.8 Å². The average Bonchev–Trinajstić information content (AvgIpc) is 2.60. The van der Waals surface area contributed by atoms with Gasteiger partial charge in [0.15, 0.2) is 5.71 Å². The Hall–Kier alpha value is -3.14. The molecule has 124 valence electrons. The molecule has 7 nitrogen and oxygen atoms in total. The third kappa shape index (κ3) is 3.13. The topological polar surface area (TPSA) is 101 Å². The van der Waals surface area contributed by atoms with Crippen LogP contribution in [0.15, 0.2) is 40.6 Å². The fraction of sp³-hybridized carbons (Fsp3) is 0.294. The first-order valence-corrected chi connectivity index (χ1v) is 7.33. The van der Waals surface area contributed by atoms with Crippen LogP contribution in [0.3, 0.4) is 0 Å². The summed E-state index contributed by atoms with van der Waals surface area (Å²) in [7, 11) is 1.23. The van der Waals surface area contributed by atoms with Gasteiger partial charge < -0.3 is 9.47 Å². The molecule has 0 fully saturated rings. The van der Waals surface area contributed by atoms with Crippen LogP contribution in [0.4, 0.5) is 0 Å². The average molecular weight is 327 g/mol. The van der Waals surface area contributed by atoms with Crippen molar-refractivity contribution in [2.75, 3.05) is 13.7 Å². The van der Waals surface area contributed by atoms with Crippen molar-refractivity contribution in [3.63, 3.8) is 0 Å². The minimum Gasteiger partial charge on any atom is -0.464 e. The van der Waals surface area contributed by atoms with Crippen molar-refractivity contribution in [1.82, 2.24) is 5.43 Å². The Balaban J connectivity index is 2.66. The highest BCUT2D eigenvalue weighted by Gasteiger charge is 2.38. The first-order valence-electron chi connectivity index (χ1n) is 7.33. The maximum absolute atomic E-state index is 12.4. The Labute approximate surface area is 139 Å². The number of allylic oxidation sites excluding steroid dienone is 1. The molecule has 1 N–H and O–H groups in total.